The number of nitrogen functional groups attached to an aromatic ring is 1. The number of halogens is 1. The molecule has 0 saturated heterocycles. The maximum absolute atomic E-state index is 12.3. The van der Waals surface area contributed by atoms with Gasteiger partial charge in [0.2, 0.25) is 0 Å². The van der Waals surface area contributed by atoms with E-state index in [2.05, 4.69) is 22.9 Å². The van der Waals surface area contributed by atoms with Gasteiger partial charge in [0.05, 0.1) is 11.3 Å². The van der Waals surface area contributed by atoms with Crippen molar-refractivity contribution in [3.63, 3.8) is 0 Å². The lowest BCUT2D eigenvalue weighted by molar-refractivity contribution is 0.0951. The fourth-order valence-corrected chi connectivity index (χ4v) is 2.67. The maximum Gasteiger partial charge on any atom is 0.253 e. The van der Waals surface area contributed by atoms with Crippen molar-refractivity contribution in [3.05, 3.63) is 64.7 Å². The number of amides is 1. The van der Waals surface area contributed by atoms with Crippen LogP contribution in [0.5, 0.6) is 0 Å². The molecule has 2 aromatic rings. The number of nitrogens with one attached hydrogen (secondary N) is 2. The van der Waals surface area contributed by atoms with Crippen LogP contribution in [0.25, 0.3) is 0 Å². The summed E-state index contributed by atoms with van der Waals surface area (Å²) in [4.78, 5) is 12.3. The third-order valence-corrected chi connectivity index (χ3v) is 3.95. The fraction of sp³-hybridized carbons (Fsp3) is 0.188. The van der Waals surface area contributed by atoms with Gasteiger partial charge in [-0.2, -0.15) is 0 Å². The van der Waals surface area contributed by atoms with E-state index in [1.807, 2.05) is 18.2 Å². The number of benzene rings is 2. The minimum absolute atomic E-state index is 0.158. The molecule has 0 heterocycles. The molecule has 1 saturated carbocycles. The fourth-order valence-electron chi connectivity index (χ4n) is 2.50. The number of hydrogen-bond acceptors (Lipinski definition) is 3. The highest BCUT2D eigenvalue weighted by atomic mass is 35.5. The Morgan fingerprint density at radius 3 is 2.67 bits per heavy atom. The molecule has 21 heavy (non-hydrogen) atoms. The van der Waals surface area contributed by atoms with Crippen LogP contribution in [0.1, 0.15) is 28.3 Å². The normalized spacial score (nSPS) is 19.9. The summed E-state index contributed by atoms with van der Waals surface area (Å²) in [7, 11) is 0. The lowest BCUT2D eigenvalue weighted by atomic mass is 10.1. The Kier molecular flexibility index (Phi) is 3.82. The molecule has 0 aromatic heterocycles. The van der Waals surface area contributed by atoms with E-state index in [0.29, 0.717) is 22.2 Å². The molecule has 4 nitrogen and oxygen atoms in total. The molecule has 108 valence electrons. The van der Waals surface area contributed by atoms with Crippen molar-refractivity contribution in [2.24, 2.45) is 5.84 Å². The van der Waals surface area contributed by atoms with Crippen molar-refractivity contribution in [1.29, 1.82) is 0 Å². The molecule has 2 atom stereocenters. The van der Waals surface area contributed by atoms with Gasteiger partial charge in [-0.15, -0.1) is 0 Å². The van der Waals surface area contributed by atoms with E-state index >= 15 is 0 Å². The highest BCUT2D eigenvalue weighted by molar-refractivity contribution is 6.31. The Hall–Kier alpha value is -2.04. The molecule has 1 aliphatic rings. The van der Waals surface area contributed by atoms with Gasteiger partial charge in [-0.05, 0) is 30.2 Å². The van der Waals surface area contributed by atoms with E-state index in [9.17, 15) is 4.79 Å². The van der Waals surface area contributed by atoms with Gasteiger partial charge in [0.25, 0.3) is 5.91 Å². The van der Waals surface area contributed by atoms with Gasteiger partial charge in [-0.1, -0.05) is 41.9 Å². The number of nitrogens with two attached hydrogens (primary N) is 1. The second-order valence-corrected chi connectivity index (χ2v) is 5.60. The predicted octanol–water partition coefficient (Wildman–Crippen LogP) is 2.91. The Labute approximate surface area is 128 Å². The Bertz CT molecular complexity index is 660. The van der Waals surface area contributed by atoms with Gasteiger partial charge in [0, 0.05) is 17.0 Å². The zero-order valence-corrected chi connectivity index (χ0v) is 12.1. The first-order valence-corrected chi connectivity index (χ1v) is 7.19. The summed E-state index contributed by atoms with van der Waals surface area (Å²) >= 11 is 5.95. The second kappa shape index (κ2) is 5.76. The molecule has 2 unspecified atom stereocenters. The van der Waals surface area contributed by atoms with Crippen molar-refractivity contribution >= 4 is 23.2 Å². The number of anilines is 1. The number of rotatable bonds is 4. The predicted molar refractivity (Wildman–Crippen MR) is 84.3 cm³/mol. The van der Waals surface area contributed by atoms with Gasteiger partial charge in [0.1, 0.15) is 0 Å². The monoisotopic (exact) mass is 301 g/mol. The minimum Gasteiger partial charge on any atom is -0.349 e. The van der Waals surface area contributed by atoms with Crippen LogP contribution in [-0.2, 0) is 0 Å². The summed E-state index contributed by atoms with van der Waals surface area (Å²) in [5, 5.41) is 3.54. The molecule has 0 spiro atoms. The molecule has 1 fully saturated rings. The van der Waals surface area contributed by atoms with E-state index in [0.717, 1.165) is 6.42 Å². The summed E-state index contributed by atoms with van der Waals surface area (Å²) in [6.07, 6.45) is 0.960. The average molecular weight is 302 g/mol. The maximum atomic E-state index is 12.3. The van der Waals surface area contributed by atoms with E-state index < -0.39 is 0 Å². The molecule has 4 N–H and O–H groups in total. The summed E-state index contributed by atoms with van der Waals surface area (Å²) in [6, 6.07) is 15.4. The van der Waals surface area contributed by atoms with Gasteiger partial charge >= 0.3 is 0 Å². The molecule has 2 aromatic carbocycles. The molecule has 0 radical (unpaired) electrons. The zero-order chi connectivity index (χ0) is 14.8. The highest BCUT2D eigenvalue weighted by Gasteiger charge is 2.39. The van der Waals surface area contributed by atoms with Crippen LogP contribution in [0.15, 0.2) is 48.5 Å². The van der Waals surface area contributed by atoms with E-state index in [1.54, 1.807) is 18.2 Å². The highest BCUT2D eigenvalue weighted by Crippen LogP contribution is 2.40. The third kappa shape index (κ3) is 3.01. The Morgan fingerprint density at radius 2 is 1.95 bits per heavy atom. The molecular weight excluding hydrogens is 286 g/mol. The standard InChI is InChI=1S/C16H16ClN3O/c17-11-6-7-14(20-18)13(8-11)16(21)19-15-9-12(15)10-4-2-1-3-5-10/h1-8,12,15,20H,9,18H2,(H,19,21). The van der Waals surface area contributed by atoms with E-state index in [1.165, 1.54) is 5.56 Å². The zero-order valence-electron chi connectivity index (χ0n) is 11.3. The van der Waals surface area contributed by atoms with Crippen LogP contribution in [0, 0.1) is 0 Å². The number of hydrazine groups is 1. The van der Waals surface area contributed by atoms with Crippen LogP contribution in [-0.4, -0.2) is 11.9 Å². The number of hydrogen-bond donors (Lipinski definition) is 3. The van der Waals surface area contributed by atoms with E-state index in [4.69, 9.17) is 17.4 Å². The Morgan fingerprint density at radius 1 is 1.19 bits per heavy atom. The number of carbonyl (C=O) groups is 1. The third-order valence-electron chi connectivity index (χ3n) is 3.72. The van der Waals surface area contributed by atoms with Crippen LogP contribution in [0.4, 0.5) is 5.69 Å². The van der Waals surface area contributed by atoms with E-state index in [-0.39, 0.29) is 11.9 Å². The van der Waals surface area contributed by atoms with Gasteiger partial charge in [-0.25, -0.2) is 0 Å². The number of carbonyl (C=O) groups excluding carboxylic acids is 1. The summed E-state index contributed by atoms with van der Waals surface area (Å²) < 4.78 is 0. The molecule has 0 aliphatic heterocycles. The lowest BCUT2D eigenvalue weighted by Gasteiger charge is -2.10. The molecule has 1 aliphatic carbocycles. The van der Waals surface area contributed by atoms with Crippen molar-refractivity contribution in [3.8, 4) is 0 Å². The SMILES string of the molecule is NNc1ccc(Cl)cc1C(=O)NC1CC1c1ccccc1. The van der Waals surface area contributed by atoms with Crippen molar-refractivity contribution in [2.75, 3.05) is 5.43 Å². The molecular formula is C16H16ClN3O. The van der Waals surface area contributed by atoms with Crippen LogP contribution in [0.3, 0.4) is 0 Å². The van der Waals surface area contributed by atoms with Gasteiger partial charge < -0.3 is 10.7 Å². The van der Waals surface area contributed by atoms with Crippen LogP contribution in [0.2, 0.25) is 5.02 Å². The van der Waals surface area contributed by atoms with Crippen molar-refractivity contribution in [2.45, 2.75) is 18.4 Å². The summed E-state index contributed by atoms with van der Waals surface area (Å²) in [6.45, 7) is 0. The topological polar surface area (TPSA) is 67.1 Å². The first-order valence-electron chi connectivity index (χ1n) is 6.81. The molecule has 1 amide bonds. The largest absolute Gasteiger partial charge is 0.349 e. The summed E-state index contributed by atoms with van der Waals surface area (Å²) in [5.74, 6) is 5.66. The van der Waals surface area contributed by atoms with Gasteiger partial charge in [0.15, 0.2) is 0 Å². The van der Waals surface area contributed by atoms with Crippen molar-refractivity contribution < 1.29 is 4.79 Å². The minimum atomic E-state index is -0.158. The van der Waals surface area contributed by atoms with Gasteiger partial charge in [-0.3, -0.25) is 10.6 Å². The first-order chi connectivity index (χ1) is 10.2. The molecule has 0 bridgehead atoms. The van der Waals surface area contributed by atoms with Crippen LogP contribution >= 0.6 is 11.6 Å². The Balaban J connectivity index is 1.70. The molecule has 3 rings (SSSR count). The smallest absolute Gasteiger partial charge is 0.253 e. The first kappa shape index (κ1) is 13.9. The second-order valence-electron chi connectivity index (χ2n) is 5.17. The average Bonchev–Trinajstić information content (AvgIpc) is 3.27. The van der Waals surface area contributed by atoms with Crippen molar-refractivity contribution in [1.82, 2.24) is 5.32 Å². The quantitative estimate of drug-likeness (QED) is 0.601. The molecule has 5 heteroatoms. The summed E-state index contributed by atoms with van der Waals surface area (Å²) in [5.41, 5.74) is 4.80. The lowest BCUT2D eigenvalue weighted by Crippen LogP contribution is -2.28. The van der Waals surface area contributed by atoms with Crippen LogP contribution < -0.4 is 16.6 Å².